The molecule has 0 bridgehead atoms. The SMILES string of the molecule is CC(CS)CCCC(C)CCS. The Morgan fingerprint density at radius 3 is 2.00 bits per heavy atom. The molecule has 2 atom stereocenters. The van der Waals surface area contributed by atoms with Crippen molar-refractivity contribution in [1.29, 1.82) is 0 Å². The predicted octanol–water partition coefficient (Wildman–Crippen LogP) is 3.68. The molecule has 0 aliphatic heterocycles. The summed E-state index contributed by atoms with van der Waals surface area (Å²) < 4.78 is 0. The third-order valence-corrected chi connectivity index (χ3v) is 3.21. The van der Waals surface area contributed by atoms with E-state index >= 15 is 0 Å². The van der Waals surface area contributed by atoms with Crippen LogP contribution in [-0.4, -0.2) is 11.5 Å². The molecule has 0 N–H and O–H groups in total. The zero-order valence-corrected chi connectivity index (χ0v) is 10.1. The molecule has 2 heteroatoms. The van der Waals surface area contributed by atoms with Crippen molar-refractivity contribution in [2.75, 3.05) is 11.5 Å². The smallest absolute Gasteiger partial charge is 0.00721 e. The van der Waals surface area contributed by atoms with E-state index in [1.807, 2.05) is 0 Å². The minimum absolute atomic E-state index is 0.788. The summed E-state index contributed by atoms with van der Waals surface area (Å²) in [5.41, 5.74) is 0. The molecule has 0 fully saturated rings. The van der Waals surface area contributed by atoms with Crippen molar-refractivity contribution in [3.05, 3.63) is 0 Å². The van der Waals surface area contributed by atoms with Crippen LogP contribution in [0.15, 0.2) is 0 Å². The van der Waals surface area contributed by atoms with E-state index in [0.717, 1.165) is 23.3 Å². The molecule has 0 aliphatic carbocycles. The highest BCUT2D eigenvalue weighted by Gasteiger charge is 2.03. The van der Waals surface area contributed by atoms with Crippen LogP contribution in [0, 0.1) is 11.8 Å². The van der Waals surface area contributed by atoms with Crippen LogP contribution in [0.25, 0.3) is 0 Å². The second-order valence-corrected chi connectivity index (χ2v) is 4.65. The highest BCUT2D eigenvalue weighted by molar-refractivity contribution is 7.80. The lowest BCUT2D eigenvalue weighted by atomic mass is 9.98. The zero-order valence-electron chi connectivity index (χ0n) is 8.29. The minimum atomic E-state index is 0.788. The molecule has 0 aromatic heterocycles. The summed E-state index contributed by atoms with van der Waals surface area (Å²) in [4.78, 5) is 0. The van der Waals surface area contributed by atoms with E-state index in [1.54, 1.807) is 0 Å². The molecule has 2 unspecified atom stereocenters. The fourth-order valence-electron chi connectivity index (χ4n) is 1.27. The lowest BCUT2D eigenvalue weighted by Crippen LogP contribution is -2.00. The van der Waals surface area contributed by atoms with E-state index in [4.69, 9.17) is 0 Å². The second-order valence-electron chi connectivity index (χ2n) is 3.84. The first-order valence-electron chi connectivity index (χ1n) is 4.92. The first-order chi connectivity index (χ1) is 5.70. The fraction of sp³-hybridized carbons (Fsp3) is 1.00. The third kappa shape index (κ3) is 7.35. The van der Waals surface area contributed by atoms with Crippen molar-refractivity contribution in [3.63, 3.8) is 0 Å². The summed E-state index contributed by atoms with van der Waals surface area (Å²) in [7, 11) is 0. The Kier molecular flexibility index (Phi) is 8.79. The fourth-order valence-corrected chi connectivity index (χ4v) is 1.89. The Morgan fingerprint density at radius 1 is 0.917 bits per heavy atom. The van der Waals surface area contributed by atoms with Gasteiger partial charge < -0.3 is 0 Å². The largest absolute Gasteiger partial charge is 0.179 e. The number of hydrogen-bond acceptors (Lipinski definition) is 2. The lowest BCUT2D eigenvalue weighted by molar-refractivity contribution is 0.454. The quantitative estimate of drug-likeness (QED) is 0.583. The summed E-state index contributed by atoms with van der Waals surface area (Å²) in [5, 5.41) is 0. The Morgan fingerprint density at radius 2 is 1.50 bits per heavy atom. The molecular formula is C10H22S2. The molecule has 0 rings (SSSR count). The number of thiol groups is 2. The first kappa shape index (κ1) is 12.7. The molecule has 0 radical (unpaired) electrons. The van der Waals surface area contributed by atoms with E-state index in [9.17, 15) is 0 Å². The van der Waals surface area contributed by atoms with Crippen LogP contribution in [0.3, 0.4) is 0 Å². The number of hydrogen-bond donors (Lipinski definition) is 2. The summed E-state index contributed by atoms with van der Waals surface area (Å²) in [6.07, 6.45) is 5.31. The van der Waals surface area contributed by atoms with Crippen molar-refractivity contribution >= 4 is 25.3 Å². The van der Waals surface area contributed by atoms with Gasteiger partial charge in [-0.2, -0.15) is 25.3 Å². The molecule has 0 aromatic rings. The van der Waals surface area contributed by atoms with Gasteiger partial charge in [-0.05, 0) is 36.2 Å². The van der Waals surface area contributed by atoms with Gasteiger partial charge in [-0.15, -0.1) is 0 Å². The number of rotatable bonds is 7. The van der Waals surface area contributed by atoms with Gasteiger partial charge in [0.25, 0.3) is 0 Å². The van der Waals surface area contributed by atoms with Crippen molar-refractivity contribution in [2.24, 2.45) is 11.8 Å². The van der Waals surface area contributed by atoms with E-state index in [1.165, 1.54) is 25.7 Å². The third-order valence-electron chi connectivity index (χ3n) is 2.33. The minimum Gasteiger partial charge on any atom is -0.179 e. The molecule has 0 spiro atoms. The molecule has 0 heterocycles. The summed E-state index contributed by atoms with van der Waals surface area (Å²) in [6.45, 7) is 4.60. The Hall–Kier alpha value is 0.700. The molecular weight excluding hydrogens is 184 g/mol. The zero-order chi connectivity index (χ0) is 9.40. The Bertz CT molecular complexity index is 93.8. The maximum absolute atomic E-state index is 4.27. The molecule has 0 saturated carbocycles. The monoisotopic (exact) mass is 206 g/mol. The molecule has 12 heavy (non-hydrogen) atoms. The molecule has 0 amide bonds. The van der Waals surface area contributed by atoms with Crippen LogP contribution in [0.1, 0.15) is 39.5 Å². The van der Waals surface area contributed by atoms with Crippen LogP contribution in [0.2, 0.25) is 0 Å². The normalized spacial score (nSPS) is 16.0. The van der Waals surface area contributed by atoms with E-state index in [2.05, 4.69) is 39.1 Å². The highest BCUT2D eigenvalue weighted by Crippen LogP contribution is 2.16. The van der Waals surface area contributed by atoms with E-state index < -0.39 is 0 Å². The maximum atomic E-state index is 4.27. The molecule has 0 saturated heterocycles. The summed E-state index contributed by atoms with van der Waals surface area (Å²) in [6, 6.07) is 0. The molecule has 0 aliphatic rings. The topological polar surface area (TPSA) is 0 Å². The van der Waals surface area contributed by atoms with Gasteiger partial charge in [-0.3, -0.25) is 0 Å². The Balaban J connectivity index is 3.18. The van der Waals surface area contributed by atoms with Gasteiger partial charge in [-0.1, -0.05) is 26.7 Å². The highest BCUT2D eigenvalue weighted by atomic mass is 32.1. The van der Waals surface area contributed by atoms with E-state index in [-0.39, 0.29) is 0 Å². The van der Waals surface area contributed by atoms with E-state index in [0.29, 0.717) is 0 Å². The van der Waals surface area contributed by atoms with Crippen LogP contribution >= 0.6 is 25.3 Å². The molecule has 0 aromatic carbocycles. The first-order valence-corrected chi connectivity index (χ1v) is 6.19. The van der Waals surface area contributed by atoms with Crippen molar-refractivity contribution in [2.45, 2.75) is 39.5 Å². The standard InChI is InChI=1S/C10H22S2/c1-9(6-7-11)4-3-5-10(2)8-12/h9-12H,3-8H2,1-2H3. The summed E-state index contributed by atoms with van der Waals surface area (Å²) in [5.74, 6) is 3.70. The van der Waals surface area contributed by atoms with Gasteiger partial charge >= 0.3 is 0 Å². The van der Waals surface area contributed by atoms with Gasteiger partial charge in [0.2, 0.25) is 0 Å². The average molecular weight is 206 g/mol. The van der Waals surface area contributed by atoms with Crippen LogP contribution < -0.4 is 0 Å². The van der Waals surface area contributed by atoms with Crippen LogP contribution in [0.4, 0.5) is 0 Å². The van der Waals surface area contributed by atoms with Gasteiger partial charge in [0.15, 0.2) is 0 Å². The predicted molar refractivity (Wildman–Crippen MR) is 64.5 cm³/mol. The van der Waals surface area contributed by atoms with Gasteiger partial charge in [0.1, 0.15) is 0 Å². The average Bonchev–Trinajstić information content (AvgIpc) is 2.04. The van der Waals surface area contributed by atoms with Crippen molar-refractivity contribution in [1.82, 2.24) is 0 Å². The Labute approximate surface area is 88.3 Å². The second kappa shape index (κ2) is 8.31. The molecule has 74 valence electrons. The van der Waals surface area contributed by atoms with Crippen LogP contribution in [0.5, 0.6) is 0 Å². The van der Waals surface area contributed by atoms with Crippen molar-refractivity contribution in [3.8, 4) is 0 Å². The van der Waals surface area contributed by atoms with Crippen molar-refractivity contribution < 1.29 is 0 Å². The van der Waals surface area contributed by atoms with Gasteiger partial charge in [0.05, 0.1) is 0 Å². The van der Waals surface area contributed by atoms with Crippen LogP contribution in [-0.2, 0) is 0 Å². The van der Waals surface area contributed by atoms with Gasteiger partial charge in [0, 0.05) is 0 Å². The summed E-state index contributed by atoms with van der Waals surface area (Å²) >= 11 is 8.50. The van der Waals surface area contributed by atoms with Gasteiger partial charge in [-0.25, -0.2) is 0 Å². The lowest BCUT2D eigenvalue weighted by Gasteiger charge is -2.11. The molecule has 0 nitrogen and oxygen atoms in total. The maximum Gasteiger partial charge on any atom is -0.00721 e.